The first kappa shape index (κ1) is 24.0. The highest BCUT2D eigenvalue weighted by molar-refractivity contribution is 7.80. The zero-order chi connectivity index (χ0) is 24.9. The Balaban J connectivity index is 1.68. The van der Waals surface area contributed by atoms with E-state index < -0.39 is 12.1 Å². The molecule has 1 aromatic heterocycles. The van der Waals surface area contributed by atoms with Crippen molar-refractivity contribution in [1.82, 2.24) is 15.2 Å². The second-order valence-electron chi connectivity index (χ2n) is 7.86. The Bertz CT molecular complexity index is 1270. The number of amides is 2. The summed E-state index contributed by atoms with van der Waals surface area (Å²) in [6.07, 6.45) is 0.600. The predicted molar refractivity (Wildman–Crippen MR) is 133 cm³/mol. The van der Waals surface area contributed by atoms with Gasteiger partial charge in [0.1, 0.15) is 5.69 Å². The number of nitrogens with one attached hydrogen (secondary N) is 2. The molecule has 0 radical (unpaired) electrons. The van der Waals surface area contributed by atoms with E-state index in [4.69, 9.17) is 17.0 Å². The third-order valence-electron chi connectivity index (χ3n) is 5.68. The lowest BCUT2D eigenvalue weighted by atomic mass is 10.0. The van der Waals surface area contributed by atoms with Crippen LogP contribution in [0.5, 0.6) is 0 Å². The van der Waals surface area contributed by atoms with E-state index in [-0.39, 0.29) is 36.4 Å². The second kappa shape index (κ2) is 10.4. The fraction of sp³-hybridized carbons (Fsp3) is 0.200. The number of hydrogen-bond acceptors (Lipinski definition) is 5. The minimum Gasteiger partial charge on any atom is -0.465 e. The van der Waals surface area contributed by atoms with Crippen molar-refractivity contribution in [3.05, 3.63) is 88.7 Å². The summed E-state index contributed by atoms with van der Waals surface area (Å²) in [5.74, 6) is -0.936. The summed E-state index contributed by atoms with van der Waals surface area (Å²) in [4.78, 5) is 42.8. The van der Waals surface area contributed by atoms with Crippen molar-refractivity contribution in [2.24, 2.45) is 0 Å². The number of H-pyrrole nitrogens is 1. The molecule has 4 rings (SSSR count). The summed E-state index contributed by atoms with van der Waals surface area (Å²) in [6.45, 7) is 2.66. The van der Waals surface area contributed by atoms with E-state index in [1.165, 1.54) is 4.90 Å². The average Bonchev–Trinajstić information content (AvgIpc) is 3.51. The maximum absolute atomic E-state index is 12.8. The third kappa shape index (κ3) is 5.17. The number of hydrogen-bond donors (Lipinski definition) is 3. The van der Waals surface area contributed by atoms with Gasteiger partial charge in [-0.15, -0.1) is 0 Å². The fourth-order valence-corrected chi connectivity index (χ4v) is 4.25. The molecule has 3 aromatic rings. The standard InChI is InChI=1S/C25H24N4O5S/c1-2-34-23(31)21-20(11-12-26-21)29(24(35)27-22(30)16-7-4-3-5-8-16)14-18-10-6-9-17-13-28(25(32)33)15-19(17)18/h3-12,26H,2,13-15H2,1H3,(H,32,33)(H,27,30,35). The van der Waals surface area contributed by atoms with Crippen molar-refractivity contribution in [2.45, 2.75) is 26.6 Å². The van der Waals surface area contributed by atoms with Crippen LogP contribution < -0.4 is 10.2 Å². The Kier molecular flexibility index (Phi) is 7.11. The lowest BCUT2D eigenvalue weighted by Crippen LogP contribution is -2.43. The van der Waals surface area contributed by atoms with Gasteiger partial charge in [0, 0.05) is 18.3 Å². The van der Waals surface area contributed by atoms with Crippen LogP contribution in [0.4, 0.5) is 10.5 Å². The first-order chi connectivity index (χ1) is 16.9. The molecule has 0 spiro atoms. The molecule has 0 fully saturated rings. The number of esters is 1. The predicted octanol–water partition coefficient (Wildman–Crippen LogP) is 3.91. The molecular weight excluding hydrogens is 468 g/mol. The lowest BCUT2D eigenvalue weighted by Gasteiger charge is -2.26. The van der Waals surface area contributed by atoms with E-state index in [1.807, 2.05) is 24.3 Å². The van der Waals surface area contributed by atoms with E-state index in [0.29, 0.717) is 17.8 Å². The van der Waals surface area contributed by atoms with E-state index >= 15 is 0 Å². The molecule has 0 aliphatic carbocycles. The minimum absolute atomic E-state index is 0.0923. The van der Waals surface area contributed by atoms with E-state index in [0.717, 1.165) is 16.7 Å². The summed E-state index contributed by atoms with van der Waals surface area (Å²) < 4.78 is 5.17. The number of carboxylic acid groups (broad SMARTS) is 1. The highest BCUT2D eigenvalue weighted by Gasteiger charge is 2.28. The summed E-state index contributed by atoms with van der Waals surface area (Å²) >= 11 is 5.63. The van der Waals surface area contributed by atoms with Gasteiger partial charge in [-0.3, -0.25) is 15.0 Å². The molecule has 1 aliphatic heterocycles. The minimum atomic E-state index is -0.995. The second-order valence-corrected chi connectivity index (χ2v) is 8.25. The Morgan fingerprint density at radius 3 is 2.60 bits per heavy atom. The first-order valence-corrected chi connectivity index (χ1v) is 11.4. The highest BCUT2D eigenvalue weighted by atomic mass is 32.1. The van der Waals surface area contributed by atoms with Gasteiger partial charge in [0.2, 0.25) is 0 Å². The van der Waals surface area contributed by atoms with Crippen LogP contribution >= 0.6 is 12.2 Å². The monoisotopic (exact) mass is 492 g/mol. The van der Waals surface area contributed by atoms with Crippen molar-refractivity contribution in [1.29, 1.82) is 0 Å². The average molecular weight is 493 g/mol. The van der Waals surface area contributed by atoms with Crippen LogP contribution in [0.25, 0.3) is 0 Å². The molecule has 0 saturated carbocycles. The largest absolute Gasteiger partial charge is 0.465 e. The maximum Gasteiger partial charge on any atom is 0.407 e. The molecule has 2 heterocycles. The van der Waals surface area contributed by atoms with Gasteiger partial charge in [-0.1, -0.05) is 36.4 Å². The number of nitrogens with zero attached hydrogens (tertiary/aromatic N) is 2. The van der Waals surface area contributed by atoms with Gasteiger partial charge in [-0.2, -0.15) is 0 Å². The molecule has 180 valence electrons. The molecule has 1 aliphatic rings. The number of anilines is 1. The number of rotatable bonds is 6. The molecule has 0 atom stereocenters. The van der Waals surface area contributed by atoms with Crippen LogP contribution in [0.2, 0.25) is 0 Å². The van der Waals surface area contributed by atoms with Gasteiger partial charge in [0.05, 0.1) is 25.4 Å². The molecule has 35 heavy (non-hydrogen) atoms. The SMILES string of the molecule is CCOC(=O)c1[nH]ccc1N(Cc1cccc2c1CN(C(=O)O)C2)C(=S)NC(=O)c1ccccc1. The van der Waals surface area contributed by atoms with Gasteiger partial charge in [-0.25, -0.2) is 9.59 Å². The summed E-state index contributed by atoms with van der Waals surface area (Å²) in [5.41, 5.74) is 3.69. The topological polar surface area (TPSA) is 115 Å². The number of thiocarbonyl (C=S) groups is 1. The smallest absolute Gasteiger partial charge is 0.407 e. The van der Waals surface area contributed by atoms with Crippen LogP contribution in [0.1, 0.15) is 44.5 Å². The van der Waals surface area contributed by atoms with Crippen molar-refractivity contribution in [3.63, 3.8) is 0 Å². The normalized spacial score (nSPS) is 12.1. The molecule has 0 bridgehead atoms. The summed E-state index contributed by atoms with van der Waals surface area (Å²) in [7, 11) is 0. The Morgan fingerprint density at radius 1 is 1.11 bits per heavy atom. The molecule has 2 amide bonds. The molecule has 9 nitrogen and oxygen atoms in total. The van der Waals surface area contributed by atoms with E-state index in [9.17, 15) is 19.5 Å². The van der Waals surface area contributed by atoms with Gasteiger partial charge in [0.25, 0.3) is 5.91 Å². The lowest BCUT2D eigenvalue weighted by molar-refractivity contribution is 0.0521. The molecule has 2 aromatic carbocycles. The van der Waals surface area contributed by atoms with Gasteiger partial charge in [0.15, 0.2) is 5.11 Å². The molecule has 3 N–H and O–H groups in total. The van der Waals surface area contributed by atoms with Crippen molar-refractivity contribution in [2.75, 3.05) is 11.5 Å². The maximum atomic E-state index is 12.8. The zero-order valence-electron chi connectivity index (χ0n) is 19.0. The number of aromatic nitrogens is 1. The van der Waals surface area contributed by atoms with E-state index in [2.05, 4.69) is 10.3 Å². The Labute approximate surface area is 207 Å². The van der Waals surface area contributed by atoms with Crippen LogP contribution in [0.3, 0.4) is 0 Å². The Morgan fingerprint density at radius 2 is 1.89 bits per heavy atom. The quantitative estimate of drug-likeness (QED) is 0.353. The van der Waals surface area contributed by atoms with Gasteiger partial charge >= 0.3 is 12.1 Å². The van der Waals surface area contributed by atoms with Crippen molar-refractivity contribution in [3.8, 4) is 0 Å². The summed E-state index contributed by atoms with van der Waals surface area (Å²) in [6, 6.07) is 16.0. The van der Waals surface area contributed by atoms with E-state index in [1.54, 1.807) is 48.4 Å². The zero-order valence-corrected chi connectivity index (χ0v) is 19.8. The first-order valence-electron chi connectivity index (χ1n) is 11.0. The third-order valence-corrected chi connectivity index (χ3v) is 6.00. The summed E-state index contributed by atoms with van der Waals surface area (Å²) in [5, 5.41) is 12.3. The molecule has 0 saturated heterocycles. The number of ether oxygens (including phenoxy) is 1. The van der Waals surface area contributed by atoms with Crippen LogP contribution in [-0.4, -0.2) is 44.7 Å². The van der Waals surface area contributed by atoms with Crippen LogP contribution in [0, 0.1) is 0 Å². The molecule has 10 heteroatoms. The van der Waals surface area contributed by atoms with Crippen LogP contribution in [-0.2, 0) is 24.4 Å². The van der Waals surface area contributed by atoms with Crippen LogP contribution in [0.15, 0.2) is 60.8 Å². The highest BCUT2D eigenvalue weighted by Crippen LogP contribution is 2.29. The number of aromatic amines is 1. The van der Waals surface area contributed by atoms with Gasteiger partial charge < -0.3 is 19.7 Å². The van der Waals surface area contributed by atoms with Crippen molar-refractivity contribution >= 4 is 41.0 Å². The fourth-order valence-electron chi connectivity index (χ4n) is 3.99. The number of carbonyl (C=O) groups is 3. The number of benzene rings is 2. The van der Waals surface area contributed by atoms with Crippen molar-refractivity contribution < 1.29 is 24.2 Å². The van der Waals surface area contributed by atoms with Gasteiger partial charge in [-0.05, 0) is 54.0 Å². The molecular formula is C25H24N4O5S. The molecule has 0 unspecified atom stereocenters. The number of fused-ring (bicyclic) bond motifs is 1. The number of carbonyl (C=O) groups excluding carboxylic acids is 2. The Hall–Kier alpha value is -4.18.